The average Bonchev–Trinajstić information content (AvgIpc) is 3.19. The van der Waals surface area contributed by atoms with Gasteiger partial charge in [0.15, 0.2) is 5.58 Å². The number of nitrogens with zero attached hydrogens (tertiary/aromatic N) is 2. The second-order valence-electron chi connectivity index (χ2n) is 8.90. The number of carboxylic acid groups (broad SMARTS) is 1. The van der Waals surface area contributed by atoms with Gasteiger partial charge in [-0.3, -0.25) is 0 Å². The fourth-order valence-electron chi connectivity index (χ4n) is 4.45. The van der Waals surface area contributed by atoms with Gasteiger partial charge in [-0.25, -0.2) is 4.79 Å². The third-order valence-corrected chi connectivity index (χ3v) is 5.86. The van der Waals surface area contributed by atoms with Crippen LogP contribution < -0.4 is 10.2 Å². The van der Waals surface area contributed by atoms with Crippen LogP contribution in [0, 0.1) is 5.92 Å². The summed E-state index contributed by atoms with van der Waals surface area (Å²) in [7, 11) is 0. The molecule has 4 rings (SSSR count). The summed E-state index contributed by atoms with van der Waals surface area (Å²) >= 11 is 0. The Labute approximate surface area is 188 Å². The van der Waals surface area contributed by atoms with Crippen LogP contribution in [0.3, 0.4) is 0 Å². The number of para-hydroxylation sites is 2. The van der Waals surface area contributed by atoms with E-state index in [1.807, 2.05) is 36.4 Å². The molecular weight excluding hydrogens is 402 g/mol. The quantitative estimate of drug-likeness (QED) is 0.397. The molecule has 0 unspecified atom stereocenters. The Bertz CT molecular complexity index is 1060. The zero-order valence-corrected chi connectivity index (χ0v) is 18.8. The third-order valence-electron chi connectivity index (χ3n) is 5.86. The number of nitrogens with one attached hydrogen (secondary N) is 1. The fourth-order valence-corrected chi connectivity index (χ4v) is 4.45. The predicted molar refractivity (Wildman–Crippen MR) is 129 cm³/mol. The van der Waals surface area contributed by atoms with Crippen LogP contribution in [-0.2, 0) is 4.79 Å². The van der Waals surface area contributed by atoms with Crippen molar-refractivity contribution in [3.8, 4) is 0 Å². The normalized spacial score (nSPS) is 15.0. The number of anilines is 3. The molecular formula is C26H31N3O3. The molecule has 0 saturated heterocycles. The first-order valence-electron chi connectivity index (χ1n) is 11.4. The maximum Gasteiger partial charge on any atom is 0.328 e. The molecule has 0 bridgehead atoms. The Kier molecular flexibility index (Phi) is 6.78. The summed E-state index contributed by atoms with van der Waals surface area (Å²) in [6.45, 7) is 5.44. The first-order valence-corrected chi connectivity index (χ1v) is 11.4. The number of carboxylic acids is 1. The number of aliphatic carboxylic acids is 1. The predicted octanol–water partition coefficient (Wildman–Crippen LogP) is 6.46. The minimum atomic E-state index is -0.967. The SMILES string of the molecule is CC(C)CN(c1ccc(/C=C/C(=O)O)cc1Nc1nc2ccccc2o1)C1CCCCC1. The molecule has 168 valence electrons. The summed E-state index contributed by atoms with van der Waals surface area (Å²) in [5, 5.41) is 12.4. The number of hydrogen-bond acceptors (Lipinski definition) is 5. The summed E-state index contributed by atoms with van der Waals surface area (Å²) in [4.78, 5) is 18.1. The lowest BCUT2D eigenvalue weighted by atomic mass is 9.92. The molecule has 1 heterocycles. The summed E-state index contributed by atoms with van der Waals surface area (Å²) in [6, 6.07) is 14.6. The van der Waals surface area contributed by atoms with Crippen LogP contribution in [0.4, 0.5) is 17.4 Å². The molecule has 1 aromatic heterocycles. The van der Waals surface area contributed by atoms with Crippen molar-refractivity contribution in [3.05, 3.63) is 54.1 Å². The van der Waals surface area contributed by atoms with Crippen LogP contribution in [0.2, 0.25) is 0 Å². The van der Waals surface area contributed by atoms with Gasteiger partial charge in [0.1, 0.15) is 5.52 Å². The van der Waals surface area contributed by atoms with E-state index in [1.165, 1.54) is 32.1 Å². The van der Waals surface area contributed by atoms with Crippen molar-refractivity contribution in [2.75, 3.05) is 16.8 Å². The summed E-state index contributed by atoms with van der Waals surface area (Å²) < 4.78 is 5.92. The van der Waals surface area contributed by atoms with Gasteiger partial charge in [0.05, 0.1) is 11.4 Å². The topological polar surface area (TPSA) is 78.6 Å². The second-order valence-corrected chi connectivity index (χ2v) is 8.90. The lowest BCUT2D eigenvalue weighted by Crippen LogP contribution is -2.39. The van der Waals surface area contributed by atoms with E-state index in [9.17, 15) is 4.79 Å². The highest BCUT2D eigenvalue weighted by Crippen LogP contribution is 2.36. The van der Waals surface area contributed by atoms with E-state index >= 15 is 0 Å². The van der Waals surface area contributed by atoms with Crippen molar-refractivity contribution < 1.29 is 14.3 Å². The third kappa shape index (κ3) is 5.31. The molecule has 0 amide bonds. The van der Waals surface area contributed by atoms with Crippen molar-refractivity contribution >= 4 is 40.5 Å². The van der Waals surface area contributed by atoms with Crippen molar-refractivity contribution in [1.29, 1.82) is 0 Å². The van der Waals surface area contributed by atoms with Crippen LogP contribution in [0.25, 0.3) is 17.2 Å². The summed E-state index contributed by atoms with van der Waals surface area (Å²) in [5.74, 6) is -0.452. The lowest BCUT2D eigenvalue weighted by Gasteiger charge is -2.38. The maximum atomic E-state index is 11.0. The highest BCUT2D eigenvalue weighted by atomic mass is 16.4. The molecule has 0 atom stereocenters. The molecule has 1 fully saturated rings. The number of carbonyl (C=O) groups is 1. The van der Waals surface area contributed by atoms with Gasteiger partial charge in [0.25, 0.3) is 6.01 Å². The minimum Gasteiger partial charge on any atom is -0.478 e. The van der Waals surface area contributed by atoms with Gasteiger partial charge in [-0.05, 0) is 54.7 Å². The smallest absolute Gasteiger partial charge is 0.328 e. The number of rotatable bonds is 8. The molecule has 3 aromatic rings. The zero-order chi connectivity index (χ0) is 22.5. The largest absolute Gasteiger partial charge is 0.478 e. The first kappa shape index (κ1) is 21.9. The molecule has 2 aromatic carbocycles. The van der Waals surface area contributed by atoms with E-state index in [2.05, 4.69) is 35.1 Å². The van der Waals surface area contributed by atoms with Crippen LogP contribution in [0.5, 0.6) is 0 Å². The van der Waals surface area contributed by atoms with E-state index in [-0.39, 0.29) is 0 Å². The molecule has 1 aliphatic carbocycles. The Hall–Kier alpha value is -3.28. The van der Waals surface area contributed by atoms with E-state index in [0.717, 1.165) is 40.7 Å². The molecule has 1 aliphatic rings. The fraction of sp³-hybridized carbons (Fsp3) is 0.385. The van der Waals surface area contributed by atoms with Crippen molar-refractivity contribution in [3.63, 3.8) is 0 Å². The zero-order valence-electron chi connectivity index (χ0n) is 18.8. The number of benzene rings is 2. The Morgan fingerprint density at radius 2 is 2.00 bits per heavy atom. The Morgan fingerprint density at radius 3 is 2.72 bits per heavy atom. The number of fused-ring (bicyclic) bond motifs is 1. The molecule has 0 radical (unpaired) electrons. The molecule has 2 N–H and O–H groups in total. The Balaban J connectivity index is 1.74. The van der Waals surface area contributed by atoms with Gasteiger partial charge in [-0.1, -0.05) is 51.3 Å². The molecule has 0 aliphatic heterocycles. The van der Waals surface area contributed by atoms with Gasteiger partial charge in [-0.15, -0.1) is 0 Å². The van der Waals surface area contributed by atoms with E-state index in [0.29, 0.717) is 18.0 Å². The van der Waals surface area contributed by atoms with Crippen molar-refractivity contribution in [2.45, 2.75) is 52.0 Å². The highest BCUT2D eigenvalue weighted by Gasteiger charge is 2.24. The van der Waals surface area contributed by atoms with Gasteiger partial charge in [0.2, 0.25) is 0 Å². The van der Waals surface area contributed by atoms with Crippen molar-refractivity contribution in [1.82, 2.24) is 4.98 Å². The summed E-state index contributed by atoms with van der Waals surface area (Å²) in [6.07, 6.45) is 8.96. The highest BCUT2D eigenvalue weighted by molar-refractivity contribution is 5.86. The standard InChI is InChI=1S/C26H31N3O3/c1-18(2)17-29(20-8-4-3-5-9-20)23-14-12-19(13-15-25(30)31)16-22(23)28-26-27-21-10-6-7-11-24(21)32-26/h6-7,10-16,18,20H,3-5,8-9,17H2,1-2H3,(H,27,28)(H,30,31)/b15-13+. The van der Waals surface area contributed by atoms with Crippen LogP contribution in [0.15, 0.2) is 53.0 Å². The van der Waals surface area contributed by atoms with Crippen molar-refractivity contribution in [2.24, 2.45) is 5.92 Å². The molecule has 6 heteroatoms. The minimum absolute atomic E-state index is 0.431. The summed E-state index contributed by atoms with van der Waals surface area (Å²) in [5.41, 5.74) is 4.30. The molecule has 6 nitrogen and oxygen atoms in total. The number of aromatic nitrogens is 1. The first-order chi connectivity index (χ1) is 15.5. The maximum absolute atomic E-state index is 11.0. The average molecular weight is 434 g/mol. The van der Waals surface area contributed by atoms with Crippen LogP contribution in [-0.4, -0.2) is 28.6 Å². The van der Waals surface area contributed by atoms with Gasteiger partial charge >= 0.3 is 5.97 Å². The number of oxazole rings is 1. The van der Waals surface area contributed by atoms with E-state index < -0.39 is 5.97 Å². The lowest BCUT2D eigenvalue weighted by molar-refractivity contribution is -0.131. The van der Waals surface area contributed by atoms with Gasteiger partial charge < -0.3 is 19.7 Å². The molecule has 32 heavy (non-hydrogen) atoms. The van der Waals surface area contributed by atoms with Crippen LogP contribution >= 0.6 is 0 Å². The van der Waals surface area contributed by atoms with E-state index in [1.54, 1.807) is 6.08 Å². The van der Waals surface area contributed by atoms with Gasteiger partial charge in [0, 0.05) is 18.7 Å². The van der Waals surface area contributed by atoms with E-state index in [4.69, 9.17) is 9.52 Å². The number of hydrogen-bond donors (Lipinski definition) is 2. The molecule has 1 saturated carbocycles. The van der Waals surface area contributed by atoms with Crippen LogP contribution in [0.1, 0.15) is 51.5 Å². The Morgan fingerprint density at radius 1 is 1.22 bits per heavy atom. The van der Waals surface area contributed by atoms with Gasteiger partial charge in [-0.2, -0.15) is 4.98 Å². The molecule has 0 spiro atoms. The monoisotopic (exact) mass is 433 g/mol. The second kappa shape index (κ2) is 9.90.